The normalized spacial score (nSPS) is 13.6. The number of anilines is 1. The topological polar surface area (TPSA) is 84.4 Å². The molecule has 9 heteroatoms. The van der Waals surface area contributed by atoms with Crippen molar-refractivity contribution in [3.05, 3.63) is 59.2 Å². The minimum atomic E-state index is -0.463. The second-order valence-electron chi connectivity index (χ2n) is 9.54. The van der Waals surface area contributed by atoms with Crippen molar-refractivity contribution in [1.29, 1.82) is 0 Å². The molecule has 0 spiro atoms. The number of ether oxygens (including phenoxy) is 3. The number of aromatic nitrogens is 1. The fourth-order valence-corrected chi connectivity index (χ4v) is 4.53. The van der Waals surface area contributed by atoms with E-state index in [-0.39, 0.29) is 18.4 Å². The smallest absolute Gasteiger partial charge is 0.345 e. The summed E-state index contributed by atoms with van der Waals surface area (Å²) in [7, 11) is 5.53. The molecular formula is C29H36N4O5. The number of fused-ring (bicyclic) bond motifs is 1. The van der Waals surface area contributed by atoms with E-state index in [2.05, 4.69) is 4.90 Å². The van der Waals surface area contributed by atoms with Gasteiger partial charge in [0.25, 0.3) is 5.91 Å². The van der Waals surface area contributed by atoms with E-state index in [4.69, 9.17) is 19.2 Å². The third kappa shape index (κ3) is 5.99. The Morgan fingerprint density at radius 2 is 1.74 bits per heavy atom. The number of hydrogen-bond donors (Lipinski definition) is 0. The van der Waals surface area contributed by atoms with Crippen molar-refractivity contribution in [2.45, 2.75) is 13.8 Å². The summed E-state index contributed by atoms with van der Waals surface area (Å²) in [6, 6.07) is 13.1. The van der Waals surface area contributed by atoms with Crippen LogP contribution in [0.2, 0.25) is 0 Å². The molecule has 2 aromatic carbocycles. The molecule has 1 fully saturated rings. The van der Waals surface area contributed by atoms with Crippen molar-refractivity contribution in [2.24, 2.45) is 0 Å². The molecule has 0 N–H and O–H groups in total. The summed E-state index contributed by atoms with van der Waals surface area (Å²) in [4.78, 5) is 37.2. The first-order chi connectivity index (χ1) is 18.3. The molecule has 9 nitrogen and oxygen atoms in total. The van der Waals surface area contributed by atoms with Gasteiger partial charge in [0.1, 0.15) is 17.9 Å². The molecule has 1 aromatic heterocycles. The van der Waals surface area contributed by atoms with Gasteiger partial charge in [0.05, 0.1) is 24.9 Å². The zero-order valence-electron chi connectivity index (χ0n) is 22.8. The number of aryl methyl sites for hydroxylation is 1. The van der Waals surface area contributed by atoms with Crippen LogP contribution >= 0.6 is 0 Å². The number of benzene rings is 2. The van der Waals surface area contributed by atoms with Gasteiger partial charge < -0.3 is 28.9 Å². The third-order valence-electron chi connectivity index (χ3n) is 6.56. The van der Waals surface area contributed by atoms with Gasteiger partial charge in [-0.3, -0.25) is 4.79 Å². The summed E-state index contributed by atoms with van der Waals surface area (Å²) in [5, 5.41) is 0.864. The van der Waals surface area contributed by atoms with Crippen LogP contribution in [-0.2, 0) is 4.74 Å². The third-order valence-corrected chi connectivity index (χ3v) is 6.56. The lowest BCUT2D eigenvalue weighted by molar-refractivity contribution is 0.0520. The fraction of sp³-hybridized carbons (Fsp3) is 0.414. The van der Waals surface area contributed by atoms with Crippen LogP contribution in [-0.4, -0.2) is 93.8 Å². The van der Waals surface area contributed by atoms with Crippen molar-refractivity contribution in [3.8, 4) is 11.6 Å². The summed E-state index contributed by atoms with van der Waals surface area (Å²) in [5.74, 6) is 0.491. The molecule has 0 saturated carbocycles. The zero-order valence-corrected chi connectivity index (χ0v) is 22.8. The van der Waals surface area contributed by atoms with Crippen LogP contribution in [0.25, 0.3) is 10.9 Å². The number of nitrogens with zero attached hydrogens (tertiary/aromatic N) is 4. The summed E-state index contributed by atoms with van der Waals surface area (Å²) in [6.45, 7) is 7.23. The molecule has 0 aliphatic carbocycles. The van der Waals surface area contributed by atoms with Crippen molar-refractivity contribution < 1.29 is 23.8 Å². The minimum Gasteiger partial charge on any atom is -0.497 e. The van der Waals surface area contributed by atoms with Gasteiger partial charge in [0.2, 0.25) is 5.88 Å². The zero-order chi connectivity index (χ0) is 27.2. The van der Waals surface area contributed by atoms with Gasteiger partial charge in [0, 0.05) is 43.7 Å². The highest BCUT2D eigenvalue weighted by molar-refractivity contribution is 6.07. The number of methoxy groups -OCH3 is 1. The van der Waals surface area contributed by atoms with Crippen molar-refractivity contribution in [3.63, 3.8) is 0 Å². The Bertz CT molecular complexity index is 1280. The lowest BCUT2D eigenvalue weighted by Gasteiger charge is -2.37. The van der Waals surface area contributed by atoms with Crippen LogP contribution < -0.4 is 14.4 Å². The van der Waals surface area contributed by atoms with E-state index in [1.807, 2.05) is 49.0 Å². The SMILES string of the molecule is CCOC(=O)c1c(OCCN(C)C)nc2ccc(C)cc2c1N1CCN(C(=O)c2ccc(OC)cc2)CC1. The molecule has 1 amide bonds. The van der Waals surface area contributed by atoms with E-state index in [1.165, 1.54) is 0 Å². The summed E-state index contributed by atoms with van der Waals surface area (Å²) in [5.41, 5.74) is 3.50. The van der Waals surface area contributed by atoms with E-state index < -0.39 is 5.97 Å². The highest BCUT2D eigenvalue weighted by Gasteiger charge is 2.30. The molecule has 202 valence electrons. The highest BCUT2D eigenvalue weighted by atomic mass is 16.5. The number of pyridine rings is 1. The number of hydrogen-bond acceptors (Lipinski definition) is 8. The molecule has 4 rings (SSSR count). The fourth-order valence-electron chi connectivity index (χ4n) is 4.53. The van der Waals surface area contributed by atoms with Crippen LogP contribution in [0.3, 0.4) is 0 Å². The van der Waals surface area contributed by atoms with Crippen molar-refractivity contribution in [2.75, 3.05) is 72.0 Å². The minimum absolute atomic E-state index is 0.0268. The number of rotatable bonds is 9. The molecule has 1 aliphatic rings. The average Bonchev–Trinajstić information content (AvgIpc) is 2.92. The average molecular weight is 521 g/mol. The number of amides is 1. The van der Waals surface area contributed by atoms with E-state index in [1.54, 1.807) is 38.3 Å². The van der Waals surface area contributed by atoms with Crippen LogP contribution in [0, 0.1) is 6.92 Å². The molecule has 0 atom stereocenters. The molecule has 1 aliphatic heterocycles. The second-order valence-corrected chi connectivity index (χ2v) is 9.54. The van der Waals surface area contributed by atoms with Gasteiger partial charge in [-0.15, -0.1) is 0 Å². The predicted molar refractivity (Wildman–Crippen MR) is 148 cm³/mol. The van der Waals surface area contributed by atoms with Crippen LogP contribution in [0.1, 0.15) is 33.2 Å². The molecule has 0 radical (unpaired) electrons. The Labute approximate surface area is 223 Å². The molecule has 2 heterocycles. The Morgan fingerprint density at radius 1 is 1.03 bits per heavy atom. The van der Waals surface area contributed by atoms with E-state index in [9.17, 15) is 9.59 Å². The standard InChI is InChI=1S/C29H36N4O5/c1-6-37-29(35)25-26(23-19-20(2)7-12-24(23)30-27(25)38-18-17-31(3)4)32-13-15-33(16-14-32)28(34)21-8-10-22(36-5)11-9-21/h7-12,19H,6,13-18H2,1-5H3. The number of piperazine rings is 1. The lowest BCUT2D eigenvalue weighted by atomic mass is 10.0. The summed E-state index contributed by atoms with van der Waals surface area (Å²) < 4.78 is 16.7. The number of carbonyl (C=O) groups is 2. The first-order valence-corrected chi connectivity index (χ1v) is 12.9. The van der Waals surface area contributed by atoms with Crippen LogP contribution in [0.15, 0.2) is 42.5 Å². The number of likely N-dealkylation sites (N-methyl/N-ethyl adjacent to an activating group) is 1. The van der Waals surface area contributed by atoms with E-state index in [0.29, 0.717) is 56.2 Å². The molecule has 1 saturated heterocycles. The van der Waals surface area contributed by atoms with Crippen LogP contribution in [0.4, 0.5) is 5.69 Å². The molecular weight excluding hydrogens is 484 g/mol. The number of esters is 1. The summed E-state index contributed by atoms with van der Waals surface area (Å²) in [6.07, 6.45) is 0. The maximum absolute atomic E-state index is 13.3. The Balaban J connectivity index is 1.67. The largest absolute Gasteiger partial charge is 0.497 e. The predicted octanol–water partition coefficient (Wildman–Crippen LogP) is 3.63. The van der Waals surface area contributed by atoms with E-state index in [0.717, 1.165) is 22.2 Å². The van der Waals surface area contributed by atoms with Gasteiger partial charge in [-0.1, -0.05) is 11.6 Å². The monoisotopic (exact) mass is 520 g/mol. The van der Waals surface area contributed by atoms with Crippen molar-refractivity contribution >= 4 is 28.5 Å². The molecule has 3 aromatic rings. The Morgan fingerprint density at radius 3 is 2.37 bits per heavy atom. The van der Waals surface area contributed by atoms with Crippen LogP contribution in [0.5, 0.6) is 11.6 Å². The lowest BCUT2D eigenvalue weighted by Crippen LogP contribution is -2.49. The first-order valence-electron chi connectivity index (χ1n) is 12.9. The maximum atomic E-state index is 13.3. The van der Waals surface area contributed by atoms with Gasteiger partial charge >= 0.3 is 5.97 Å². The Kier molecular flexibility index (Phi) is 8.68. The van der Waals surface area contributed by atoms with Crippen molar-refractivity contribution in [1.82, 2.24) is 14.8 Å². The maximum Gasteiger partial charge on any atom is 0.345 e. The quantitative estimate of drug-likeness (QED) is 0.396. The van der Waals surface area contributed by atoms with Gasteiger partial charge in [0.15, 0.2) is 0 Å². The second kappa shape index (κ2) is 12.1. The van der Waals surface area contributed by atoms with E-state index >= 15 is 0 Å². The number of carbonyl (C=O) groups excluding carboxylic acids is 2. The molecule has 38 heavy (non-hydrogen) atoms. The molecule has 0 unspecified atom stereocenters. The first kappa shape index (κ1) is 27.2. The molecule has 0 bridgehead atoms. The summed E-state index contributed by atoms with van der Waals surface area (Å²) >= 11 is 0. The highest BCUT2D eigenvalue weighted by Crippen LogP contribution is 2.37. The van der Waals surface area contributed by atoms with Gasteiger partial charge in [-0.05, 0) is 64.3 Å². The van der Waals surface area contributed by atoms with Gasteiger partial charge in [-0.2, -0.15) is 0 Å². The van der Waals surface area contributed by atoms with Gasteiger partial charge in [-0.25, -0.2) is 9.78 Å². The Hall–Kier alpha value is -3.85.